The normalized spacial score (nSPS) is 22.9. The number of ether oxygens (including phenoxy) is 2. The van der Waals surface area contributed by atoms with Gasteiger partial charge in [-0.25, -0.2) is 0 Å². The zero-order chi connectivity index (χ0) is 19.9. The summed E-state index contributed by atoms with van der Waals surface area (Å²) in [4.78, 5) is 0. The second-order valence-corrected chi connectivity index (χ2v) is 7.97. The smallest absolute Gasteiger partial charge is 0.125 e. The molecular formula is C24H33NO3. The van der Waals surface area contributed by atoms with Gasteiger partial charge in [-0.1, -0.05) is 43.8 Å². The molecular weight excluding hydrogens is 350 g/mol. The predicted octanol–water partition coefficient (Wildman–Crippen LogP) is 4.12. The molecule has 1 fully saturated rings. The molecule has 0 bridgehead atoms. The van der Waals surface area contributed by atoms with Gasteiger partial charge in [0, 0.05) is 19.2 Å². The van der Waals surface area contributed by atoms with Crippen molar-refractivity contribution in [2.24, 2.45) is 11.8 Å². The lowest BCUT2D eigenvalue weighted by Gasteiger charge is -2.37. The summed E-state index contributed by atoms with van der Waals surface area (Å²) in [6.07, 6.45) is 7.63. The number of nitrogens with one attached hydrogen (secondary N) is 1. The highest BCUT2D eigenvalue weighted by Crippen LogP contribution is 2.39. The third kappa shape index (κ3) is 5.13. The Bertz CT molecular complexity index is 720. The van der Waals surface area contributed by atoms with Crippen molar-refractivity contribution in [1.29, 1.82) is 0 Å². The van der Waals surface area contributed by atoms with Crippen molar-refractivity contribution in [2.75, 3.05) is 20.3 Å². The molecule has 1 aliphatic carbocycles. The summed E-state index contributed by atoms with van der Waals surface area (Å²) in [5.74, 6) is 2.12. The molecule has 0 radical (unpaired) electrons. The second kappa shape index (κ2) is 10.1. The highest BCUT2D eigenvalue weighted by Gasteiger charge is 2.33. The minimum absolute atomic E-state index is 0.0990. The third-order valence-corrected chi connectivity index (χ3v) is 5.97. The van der Waals surface area contributed by atoms with Crippen molar-refractivity contribution in [3.8, 4) is 0 Å². The van der Waals surface area contributed by atoms with Crippen LogP contribution in [0, 0.1) is 11.8 Å². The van der Waals surface area contributed by atoms with E-state index >= 15 is 0 Å². The van der Waals surface area contributed by atoms with Gasteiger partial charge in [0.15, 0.2) is 0 Å². The molecule has 4 heteroatoms. The molecule has 1 aromatic carbocycles. The van der Waals surface area contributed by atoms with Crippen LogP contribution in [0.1, 0.15) is 37.3 Å². The van der Waals surface area contributed by atoms with E-state index in [1.165, 1.54) is 17.6 Å². The lowest BCUT2D eigenvalue weighted by molar-refractivity contribution is 0.0836. The Morgan fingerprint density at radius 2 is 2.07 bits per heavy atom. The SMILES string of the molecule is C=CC1=C(COC)C=C2CC[C@H](C(C)CNCc3ccc(CO)cc3)CC2O1. The van der Waals surface area contributed by atoms with Gasteiger partial charge in [-0.2, -0.15) is 0 Å². The van der Waals surface area contributed by atoms with Crippen LogP contribution in [0.4, 0.5) is 0 Å². The molecule has 1 heterocycles. The van der Waals surface area contributed by atoms with Crippen LogP contribution in [0.15, 0.2) is 59.9 Å². The summed E-state index contributed by atoms with van der Waals surface area (Å²) in [7, 11) is 1.71. The average molecular weight is 384 g/mol. The fourth-order valence-electron chi connectivity index (χ4n) is 4.21. The number of methoxy groups -OCH3 is 1. The summed E-state index contributed by atoms with van der Waals surface area (Å²) in [5.41, 5.74) is 4.71. The lowest BCUT2D eigenvalue weighted by atomic mass is 9.76. The molecule has 2 aliphatic rings. The first-order chi connectivity index (χ1) is 13.6. The number of hydrogen-bond acceptors (Lipinski definition) is 4. The summed E-state index contributed by atoms with van der Waals surface area (Å²) >= 11 is 0. The largest absolute Gasteiger partial charge is 0.486 e. The van der Waals surface area contributed by atoms with E-state index in [0.717, 1.165) is 42.8 Å². The van der Waals surface area contributed by atoms with Gasteiger partial charge < -0.3 is 19.9 Å². The summed E-state index contributed by atoms with van der Waals surface area (Å²) < 4.78 is 11.5. The summed E-state index contributed by atoms with van der Waals surface area (Å²) in [5, 5.41) is 12.7. The first-order valence-corrected chi connectivity index (χ1v) is 10.3. The van der Waals surface area contributed by atoms with E-state index in [1.54, 1.807) is 13.2 Å². The number of aliphatic hydroxyl groups is 1. The number of hydrogen-bond donors (Lipinski definition) is 2. The van der Waals surface area contributed by atoms with Gasteiger partial charge in [0.05, 0.1) is 13.2 Å². The lowest BCUT2D eigenvalue weighted by Crippen LogP contribution is -2.34. The summed E-state index contributed by atoms with van der Waals surface area (Å²) in [6, 6.07) is 8.13. The van der Waals surface area contributed by atoms with E-state index < -0.39 is 0 Å². The quantitative estimate of drug-likeness (QED) is 0.674. The Balaban J connectivity index is 1.49. The molecule has 3 atom stereocenters. The van der Waals surface area contributed by atoms with E-state index in [1.807, 2.05) is 12.1 Å². The predicted molar refractivity (Wildman–Crippen MR) is 113 cm³/mol. The molecule has 1 saturated carbocycles. The number of rotatable bonds is 9. The maximum Gasteiger partial charge on any atom is 0.125 e. The fraction of sp³-hybridized carbons (Fsp3) is 0.500. The van der Waals surface area contributed by atoms with Gasteiger partial charge in [-0.05, 0) is 60.4 Å². The standard InChI is InChI=1S/C24H33NO3/c1-4-23-22(16-27-3)11-21-10-9-20(12-24(21)28-23)17(2)13-25-14-18-5-7-19(15-26)8-6-18/h4-8,11,17,20,24-26H,1,9-10,12-16H2,2-3H3/t17?,20-,24?/m0/s1. The van der Waals surface area contributed by atoms with Crippen molar-refractivity contribution in [2.45, 2.75) is 45.4 Å². The number of allylic oxidation sites excluding steroid dienone is 1. The third-order valence-electron chi connectivity index (χ3n) is 5.97. The Labute approximate surface area is 168 Å². The first-order valence-electron chi connectivity index (χ1n) is 10.3. The van der Waals surface area contributed by atoms with Crippen LogP contribution in [0.2, 0.25) is 0 Å². The van der Waals surface area contributed by atoms with E-state index in [4.69, 9.17) is 14.6 Å². The Morgan fingerprint density at radius 3 is 2.75 bits per heavy atom. The van der Waals surface area contributed by atoms with Crippen LogP contribution in [0.25, 0.3) is 0 Å². The van der Waals surface area contributed by atoms with Gasteiger partial charge in [0.25, 0.3) is 0 Å². The van der Waals surface area contributed by atoms with Gasteiger partial charge in [0.2, 0.25) is 0 Å². The summed E-state index contributed by atoms with van der Waals surface area (Å²) in [6.45, 7) is 8.76. The van der Waals surface area contributed by atoms with Crippen molar-refractivity contribution in [3.05, 3.63) is 71.0 Å². The Hall–Kier alpha value is -1.88. The molecule has 152 valence electrons. The molecule has 0 saturated heterocycles. The maximum absolute atomic E-state index is 9.13. The maximum atomic E-state index is 9.13. The van der Waals surface area contributed by atoms with E-state index in [0.29, 0.717) is 18.4 Å². The van der Waals surface area contributed by atoms with Crippen molar-refractivity contribution in [1.82, 2.24) is 5.32 Å². The molecule has 3 rings (SSSR count). The number of benzene rings is 1. The minimum atomic E-state index is 0.0990. The van der Waals surface area contributed by atoms with Crippen LogP contribution in [0.5, 0.6) is 0 Å². The average Bonchev–Trinajstić information content (AvgIpc) is 2.73. The molecule has 1 aromatic rings. The Morgan fingerprint density at radius 1 is 1.32 bits per heavy atom. The molecule has 28 heavy (non-hydrogen) atoms. The van der Waals surface area contributed by atoms with Crippen molar-refractivity contribution >= 4 is 0 Å². The minimum Gasteiger partial charge on any atom is -0.486 e. The van der Waals surface area contributed by atoms with Crippen LogP contribution >= 0.6 is 0 Å². The second-order valence-electron chi connectivity index (χ2n) is 7.97. The molecule has 1 aliphatic heterocycles. The molecule has 0 aromatic heterocycles. The zero-order valence-electron chi connectivity index (χ0n) is 17.1. The Kier molecular flexibility index (Phi) is 7.49. The van der Waals surface area contributed by atoms with Gasteiger partial charge in [0.1, 0.15) is 11.9 Å². The number of fused-ring (bicyclic) bond motifs is 1. The highest BCUT2D eigenvalue weighted by molar-refractivity contribution is 5.37. The van der Waals surface area contributed by atoms with Crippen molar-refractivity contribution < 1.29 is 14.6 Å². The first kappa shape index (κ1) is 20.8. The van der Waals surface area contributed by atoms with Crippen LogP contribution in [-0.4, -0.2) is 31.5 Å². The zero-order valence-corrected chi connectivity index (χ0v) is 17.1. The van der Waals surface area contributed by atoms with Crippen molar-refractivity contribution in [3.63, 3.8) is 0 Å². The highest BCUT2D eigenvalue weighted by atomic mass is 16.5. The van der Waals surface area contributed by atoms with Crippen LogP contribution in [-0.2, 0) is 22.6 Å². The van der Waals surface area contributed by atoms with Gasteiger partial charge in [-0.15, -0.1) is 0 Å². The van der Waals surface area contributed by atoms with Crippen LogP contribution < -0.4 is 5.32 Å². The molecule has 2 N–H and O–H groups in total. The van der Waals surface area contributed by atoms with Gasteiger partial charge in [-0.3, -0.25) is 0 Å². The van der Waals surface area contributed by atoms with E-state index in [9.17, 15) is 0 Å². The fourth-order valence-corrected chi connectivity index (χ4v) is 4.21. The molecule has 0 spiro atoms. The van der Waals surface area contributed by atoms with Gasteiger partial charge >= 0.3 is 0 Å². The molecule has 2 unspecified atom stereocenters. The topological polar surface area (TPSA) is 50.7 Å². The number of aliphatic hydroxyl groups excluding tert-OH is 1. The molecule has 0 amide bonds. The van der Waals surface area contributed by atoms with E-state index in [2.05, 4.69) is 37.0 Å². The monoisotopic (exact) mass is 383 g/mol. The molecule has 4 nitrogen and oxygen atoms in total. The van der Waals surface area contributed by atoms with E-state index in [-0.39, 0.29) is 12.7 Å². The van der Waals surface area contributed by atoms with Crippen LogP contribution in [0.3, 0.4) is 0 Å².